The molecule has 10 heteroatoms. The van der Waals surface area contributed by atoms with Crippen molar-refractivity contribution in [1.29, 1.82) is 0 Å². The Labute approximate surface area is 133 Å². The number of hydrogen-bond donors (Lipinski definition) is 1. The smallest absolute Gasteiger partial charge is 0.278 e. The van der Waals surface area contributed by atoms with Gasteiger partial charge in [-0.1, -0.05) is 23.2 Å². The van der Waals surface area contributed by atoms with Crippen LogP contribution in [0, 0.1) is 5.82 Å². The highest BCUT2D eigenvalue weighted by molar-refractivity contribution is 7.92. The van der Waals surface area contributed by atoms with Gasteiger partial charge in [-0.3, -0.25) is 9.12 Å². The molecule has 3 aromatic rings. The molecule has 0 aliphatic rings. The molecular weight excluding hydrogens is 360 g/mol. The summed E-state index contributed by atoms with van der Waals surface area (Å²) in [4.78, 5) is 4.40. The Morgan fingerprint density at radius 2 is 2.10 bits per heavy atom. The van der Waals surface area contributed by atoms with E-state index in [9.17, 15) is 12.8 Å². The topological polar surface area (TPSA) is 63.5 Å². The summed E-state index contributed by atoms with van der Waals surface area (Å²) in [5.41, 5.74) is 0.0549. The maximum atomic E-state index is 13.0. The van der Waals surface area contributed by atoms with Gasteiger partial charge in [0.15, 0.2) is 15.1 Å². The molecule has 0 spiro atoms. The molecule has 0 aliphatic carbocycles. The van der Waals surface area contributed by atoms with E-state index in [0.29, 0.717) is 4.96 Å². The van der Waals surface area contributed by atoms with Crippen LogP contribution < -0.4 is 4.72 Å². The summed E-state index contributed by atoms with van der Waals surface area (Å²) < 4.78 is 41.5. The number of halogens is 3. The highest BCUT2D eigenvalue weighted by Crippen LogP contribution is 2.29. The first-order valence-electron chi connectivity index (χ1n) is 5.47. The third kappa shape index (κ3) is 2.59. The van der Waals surface area contributed by atoms with Crippen LogP contribution in [-0.4, -0.2) is 17.8 Å². The van der Waals surface area contributed by atoms with Gasteiger partial charge in [0.05, 0.1) is 10.7 Å². The van der Waals surface area contributed by atoms with E-state index >= 15 is 0 Å². The lowest BCUT2D eigenvalue weighted by atomic mass is 10.3. The van der Waals surface area contributed by atoms with Crippen LogP contribution in [0.15, 0.2) is 34.8 Å². The molecule has 0 bridgehead atoms. The van der Waals surface area contributed by atoms with Crippen LogP contribution in [0.2, 0.25) is 10.2 Å². The van der Waals surface area contributed by atoms with Gasteiger partial charge in [0, 0.05) is 11.6 Å². The Balaban J connectivity index is 2.08. The van der Waals surface area contributed by atoms with E-state index in [1.165, 1.54) is 21.8 Å². The number of anilines is 1. The van der Waals surface area contributed by atoms with E-state index in [1.54, 1.807) is 11.6 Å². The summed E-state index contributed by atoms with van der Waals surface area (Å²) in [6, 6.07) is 3.34. The van der Waals surface area contributed by atoms with Crippen LogP contribution in [0.25, 0.3) is 4.96 Å². The Morgan fingerprint density at radius 3 is 2.81 bits per heavy atom. The number of hydrogen-bond acceptors (Lipinski definition) is 4. The molecule has 0 fully saturated rings. The first-order valence-corrected chi connectivity index (χ1v) is 8.59. The summed E-state index contributed by atoms with van der Waals surface area (Å²) >= 11 is 13.0. The SMILES string of the molecule is O=S(=O)(Nc1ccc(F)cc1Cl)c1c(Cl)nc2sccn12. The van der Waals surface area contributed by atoms with E-state index in [1.807, 2.05) is 0 Å². The van der Waals surface area contributed by atoms with Crippen molar-refractivity contribution in [3.63, 3.8) is 0 Å². The van der Waals surface area contributed by atoms with Crippen molar-refractivity contribution in [3.8, 4) is 0 Å². The molecule has 110 valence electrons. The average molecular weight is 366 g/mol. The lowest BCUT2D eigenvalue weighted by molar-refractivity contribution is 0.596. The van der Waals surface area contributed by atoms with Gasteiger partial charge in [0.1, 0.15) is 5.82 Å². The zero-order valence-corrected chi connectivity index (χ0v) is 13.2. The second kappa shape index (κ2) is 5.13. The van der Waals surface area contributed by atoms with E-state index in [2.05, 4.69) is 9.71 Å². The normalized spacial score (nSPS) is 12.0. The molecule has 0 amide bonds. The minimum absolute atomic E-state index is 0.0548. The quantitative estimate of drug-likeness (QED) is 0.770. The van der Waals surface area contributed by atoms with Crippen molar-refractivity contribution >= 4 is 55.2 Å². The number of benzene rings is 1. The second-order valence-electron chi connectivity index (χ2n) is 3.99. The highest BCUT2D eigenvalue weighted by Gasteiger charge is 2.25. The molecular formula is C11H6Cl2FN3O2S2. The predicted molar refractivity (Wildman–Crippen MR) is 80.3 cm³/mol. The molecule has 0 atom stereocenters. The van der Waals surface area contributed by atoms with Gasteiger partial charge in [0.2, 0.25) is 0 Å². The summed E-state index contributed by atoms with van der Waals surface area (Å²) in [7, 11) is -4.01. The van der Waals surface area contributed by atoms with Crippen LogP contribution in [0.3, 0.4) is 0 Å². The first-order chi connectivity index (χ1) is 9.88. The van der Waals surface area contributed by atoms with Gasteiger partial charge in [0.25, 0.3) is 10.0 Å². The number of thiazole rings is 1. The molecule has 1 N–H and O–H groups in total. The molecule has 0 unspecified atom stereocenters. The van der Waals surface area contributed by atoms with E-state index in [-0.39, 0.29) is 20.9 Å². The van der Waals surface area contributed by atoms with E-state index in [0.717, 1.165) is 12.1 Å². The zero-order valence-electron chi connectivity index (χ0n) is 10.0. The number of aromatic nitrogens is 2. The third-order valence-corrected chi connectivity index (χ3v) is 5.44. The fraction of sp³-hybridized carbons (Fsp3) is 0. The van der Waals surface area contributed by atoms with Crippen molar-refractivity contribution in [2.24, 2.45) is 0 Å². The van der Waals surface area contributed by atoms with Gasteiger partial charge in [-0.25, -0.2) is 9.37 Å². The summed E-state index contributed by atoms with van der Waals surface area (Å²) in [5.74, 6) is -0.564. The van der Waals surface area contributed by atoms with Crippen LogP contribution in [0.5, 0.6) is 0 Å². The number of rotatable bonds is 3. The van der Waals surface area contributed by atoms with Crippen LogP contribution in [0.1, 0.15) is 0 Å². The van der Waals surface area contributed by atoms with E-state index in [4.69, 9.17) is 23.2 Å². The largest absolute Gasteiger partial charge is 0.281 e. The molecule has 2 aromatic heterocycles. The van der Waals surface area contributed by atoms with Crippen molar-refractivity contribution in [2.45, 2.75) is 5.03 Å². The van der Waals surface area contributed by atoms with Crippen molar-refractivity contribution in [2.75, 3.05) is 4.72 Å². The van der Waals surface area contributed by atoms with Crippen LogP contribution in [-0.2, 0) is 10.0 Å². The fourth-order valence-corrected chi connectivity index (χ4v) is 4.55. The van der Waals surface area contributed by atoms with Gasteiger partial charge >= 0.3 is 0 Å². The number of nitrogens with one attached hydrogen (secondary N) is 1. The van der Waals surface area contributed by atoms with E-state index < -0.39 is 15.8 Å². The van der Waals surface area contributed by atoms with Crippen LogP contribution in [0.4, 0.5) is 10.1 Å². The lowest BCUT2D eigenvalue weighted by Gasteiger charge is -2.09. The Bertz CT molecular complexity index is 936. The minimum Gasteiger partial charge on any atom is -0.278 e. The summed E-state index contributed by atoms with van der Waals surface area (Å²) in [6.07, 6.45) is 1.54. The van der Waals surface area contributed by atoms with Gasteiger partial charge in [-0.05, 0) is 18.2 Å². The predicted octanol–water partition coefficient (Wildman–Crippen LogP) is 3.64. The van der Waals surface area contributed by atoms with Crippen LogP contribution >= 0.6 is 34.5 Å². The second-order valence-corrected chi connectivity index (χ2v) is 7.23. The number of imidazole rings is 1. The minimum atomic E-state index is -4.01. The zero-order chi connectivity index (χ0) is 15.2. The van der Waals surface area contributed by atoms with Gasteiger partial charge in [-0.15, -0.1) is 11.3 Å². The monoisotopic (exact) mass is 365 g/mol. The maximum absolute atomic E-state index is 13.0. The first kappa shape index (κ1) is 14.6. The standard InChI is InChI=1S/C11H6Cl2FN3O2S2/c12-7-5-6(14)1-2-8(7)16-21(18,19)10-9(13)15-11-17(10)3-4-20-11/h1-5,16H. The van der Waals surface area contributed by atoms with Gasteiger partial charge in [-0.2, -0.15) is 8.42 Å². The third-order valence-electron chi connectivity index (χ3n) is 2.61. The molecule has 0 aliphatic heterocycles. The lowest BCUT2D eigenvalue weighted by Crippen LogP contribution is -2.15. The Morgan fingerprint density at radius 1 is 1.33 bits per heavy atom. The number of nitrogens with zero attached hydrogens (tertiary/aromatic N) is 2. The highest BCUT2D eigenvalue weighted by atomic mass is 35.5. The van der Waals surface area contributed by atoms with Gasteiger partial charge < -0.3 is 0 Å². The Kier molecular flexibility index (Phi) is 3.56. The molecule has 0 saturated carbocycles. The maximum Gasteiger partial charge on any atom is 0.281 e. The average Bonchev–Trinajstić information content (AvgIpc) is 2.91. The summed E-state index contributed by atoms with van der Waals surface area (Å²) in [5, 5.41) is 1.29. The van der Waals surface area contributed by atoms with Crippen molar-refractivity contribution in [1.82, 2.24) is 9.38 Å². The molecule has 3 rings (SSSR count). The number of fused-ring (bicyclic) bond motifs is 1. The molecule has 2 heterocycles. The fourth-order valence-electron chi connectivity index (χ4n) is 1.74. The van der Waals surface area contributed by atoms with Crippen molar-refractivity contribution < 1.29 is 12.8 Å². The van der Waals surface area contributed by atoms with Crippen molar-refractivity contribution in [3.05, 3.63) is 45.8 Å². The molecule has 5 nitrogen and oxygen atoms in total. The molecule has 21 heavy (non-hydrogen) atoms. The molecule has 1 aromatic carbocycles. The molecule has 0 radical (unpaired) electrons. The Hall–Kier alpha value is -1.35. The number of sulfonamides is 1. The molecule has 0 saturated heterocycles. The summed E-state index contributed by atoms with van der Waals surface area (Å²) in [6.45, 7) is 0.